The first-order chi connectivity index (χ1) is 9.25. The summed E-state index contributed by atoms with van der Waals surface area (Å²) in [5, 5.41) is 2.95. The van der Waals surface area contributed by atoms with E-state index < -0.39 is 0 Å². The molecule has 2 rings (SSSR count). The smallest absolute Gasteiger partial charge is 0.252 e. The molecular weight excluding hydrogens is 306 g/mol. The third-order valence-corrected chi connectivity index (χ3v) is 3.87. The summed E-state index contributed by atoms with van der Waals surface area (Å²) in [5.74, 6) is -0.0465. The summed E-state index contributed by atoms with van der Waals surface area (Å²) in [7, 11) is 0. The van der Waals surface area contributed by atoms with E-state index in [1.54, 1.807) is 18.3 Å². The first-order valence-electron chi connectivity index (χ1n) is 6.88. The fourth-order valence-corrected chi connectivity index (χ4v) is 2.53. The van der Waals surface area contributed by atoms with Gasteiger partial charge in [0.25, 0.3) is 5.91 Å². The summed E-state index contributed by atoms with van der Waals surface area (Å²) >= 11 is 3.26. The van der Waals surface area contributed by atoms with Crippen molar-refractivity contribution in [3.05, 3.63) is 28.5 Å². The molecule has 4 nitrogen and oxygen atoms in total. The number of halogens is 1. The van der Waals surface area contributed by atoms with Crippen molar-refractivity contribution in [2.75, 3.05) is 26.2 Å². The Morgan fingerprint density at radius 1 is 1.26 bits per heavy atom. The lowest BCUT2D eigenvalue weighted by Gasteiger charge is -2.19. The maximum atomic E-state index is 11.9. The summed E-state index contributed by atoms with van der Waals surface area (Å²) in [6.07, 6.45) is 6.83. The first kappa shape index (κ1) is 14.5. The van der Waals surface area contributed by atoms with Gasteiger partial charge >= 0.3 is 0 Å². The van der Waals surface area contributed by atoms with Gasteiger partial charge in [0.15, 0.2) is 0 Å². The normalized spacial score (nSPS) is 16.9. The van der Waals surface area contributed by atoms with Crippen LogP contribution >= 0.6 is 15.9 Å². The molecule has 2 heterocycles. The Hall–Kier alpha value is -0.940. The van der Waals surface area contributed by atoms with Crippen molar-refractivity contribution in [3.63, 3.8) is 0 Å². The van der Waals surface area contributed by atoms with E-state index in [9.17, 15) is 4.79 Å². The Bertz CT molecular complexity index is 400. The summed E-state index contributed by atoms with van der Waals surface area (Å²) in [4.78, 5) is 18.4. The molecule has 0 atom stereocenters. The fourth-order valence-electron chi connectivity index (χ4n) is 2.30. The van der Waals surface area contributed by atoms with Crippen molar-refractivity contribution in [2.24, 2.45) is 0 Å². The largest absolute Gasteiger partial charge is 0.351 e. The number of carbonyl (C=O) groups is 1. The Morgan fingerprint density at radius 3 is 2.63 bits per heavy atom. The van der Waals surface area contributed by atoms with Crippen molar-refractivity contribution in [2.45, 2.75) is 25.7 Å². The number of aromatic nitrogens is 1. The average Bonchev–Trinajstić information content (AvgIpc) is 2.68. The van der Waals surface area contributed by atoms with E-state index in [0.29, 0.717) is 12.1 Å². The predicted octanol–water partition coefficient (Wildman–Crippen LogP) is 2.45. The number of carbonyl (C=O) groups excluding carboxylic acids is 1. The van der Waals surface area contributed by atoms with Gasteiger partial charge in [-0.25, -0.2) is 4.98 Å². The molecule has 0 spiro atoms. The molecule has 1 aromatic heterocycles. The number of nitrogens with zero attached hydrogens (tertiary/aromatic N) is 2. The van der Waals surface area contributed by atoms with Crippen LogP contribution in [0.5, 0.6) is 0 Å². The van der Waals surface area contributed by atoms with Gasteiger partial charge < -0.3 is 10.2 Å². The summed E-state index contributed by atoms with van der Waals surface area (Å²) in [6.45, 7) is 3.97. The van der Waals surface area contributed by atoms with Crippen LogP contribution in [0.25, 0.3) is 0 Å². The second kappa shape index (κ2) is 7.60. The molecule has 0 unspecified atom stereocenters. The van der Waals surface area contributed by atoms with Crippen molar-refractivity contribution in [1.29, 1.82) is 0 Å². The topological polar surface area (TPSA) is 45.2 Å². The SMILES string of the molecule is O=C(NCCN1CCCCCC1)c1ccc(Br)nc1. The molecule has 0 saturated carbocycles. The van der Waals surface area contributed by atoms with E-state index in [0.717, 1.165) is 24.2 Å². The Labute approximate surface area is 122 Å². The lowest BCUT2D eigenvalue weighted by molar-refractivity contribution is 0.0948. The van der Waals surface area contributed by atoms with Crippen LogP contribution in [-0.4, -0.2) is 42.0 Å². The first-order valence-corrected chi connectivity index (χ1v) is 7.67. The molecule has 0 radical (unpaired) electrons. The second-order valence-corrected chi connectivity index (χ2v) is 5.69. The molecule has 0 aliphatic carbocycles. The number of nitrogens with one attached hydrogen (secondary N) is 1. The Morgan fingerprint density at radius 2 is 2.00 bits per heavy atom. The quantitative estimate of drug-likeness (QED) is 0.865. The van der Waals surface area contributed by atoms with Crippen molar-refractivity contribution in [1.82, 2.24) is 15.2 Å². The van der Waals surface area contributed by atoms with Gasteiger partial charge in [0, 0.05) is 19.3 Å². The molecule has 19 heavy (non-hydrogen) atoms. The molecular formula is C14H20BrN3O. The van der Waals surface area contributed by atoms with Crippen LogP contribution < -0.4 is 5.32 Å². The zero-order valence-corrected chi connectivity index (χ0v) is 12.7. The van der Waals surface area contributed by atoms with Crippen LogP contribution in [-0.2, 0) is 0 Å². The molecule has 0 bridgehead atoms. The average molecular weight is 326 g/mol. The van der Waals surface area contributed by atoms with E-state index in [1.807, 2.05) is 0 Å². The van der Waals surface area contributed by atoms with Gasteiger partial charge in [-0.1, -0.05) is 12.8 Å². The van der Waals surface area contributed by atoms with Crippen molar-refractivity contribution in [3.8, 4) is 0 Å². The highest BCUT2D eigenvalue weighted by Gasteiger charge is 2.10. The molecule has 1 saturated heterocycles. The summed E-state index contributed by atoms with van der Waals surface area (Å²) in [6, 6.07) is 3.56. The van der Waals surface area contributed by atoms with E-state index in [1.165, 1.54) is 25.7 Å². The number of rotatable bonds is 4. The van der Waals surface area contributed by atoms with Crippen molar-refractivity contribution >= 4 is 21.8 Å². The Kier molecular flexibility index (Phi) is 5.79. The van der Waals surface area contributed by atoms with Crippen LogP contribution in [0.2, 0.25) is 0 Å². The minimum absolute atomic E-state index is 0.0465. The minimum atomic E-state index is -0.0465. The number of hydrogen-bond acceptors (Lipinski definition) is 3. The van der Waals surface area contributed by atoms with Crippen LogP contribution in [0.15, 0.2) is 22.9 Å². The highest BCUT2D eigenvalue weighted by Crippen LogP contribution is 2.09. The molecule has 0 aromatic carbocycles. The van der Waals surface area contributed by atoms with Gasteiger partial charge in [-0.15, -0.1) is 0 Å². The predicted molar refractivity (Wildman–Crippen MR) is 79.2 cm³/mol. The molecule has 104 valence electrons. The lowest BCUT2D eigenvalue weighted by Crippen LogP contribution is -2.35. The highest BCUT2D eigenvalue weighted by atomic mass is 79.9. The molecule has 1 amide bonds. The van der Waals surface area contributed by atoms with Gasteiger partial charge in [-0.05, 0) is 54.0 Å². The minimum Gasteiger partial charge on any atom is -0.351 e. The van der Waals surface area contributed by atoms with Gasteiger partial charge in [-0.3, -0.25) is 4.79 Å². The fraction of sp³-hybridized carbons (Fsp3) is 0.571. The standard InChI is InChI=1S/C14H20BrN3O/c15-13-6-5-12(11-17-13)14(19)16-7-10-18-8-3-1-2-4-9-18/h5-6,11H,1-4,7-10H2,(H,16,19). The van der Waals surface area contributed by atoms with E-state index >= 15 is 0 Å². The number of amides is 1. The highest BCUT2D eigenvalue weighted by molar-refractivity contribution is 9.10. The maximum Gasteiger partial charge on any atom is 0.252 e. The molecule has 1 aliphatic heterocycles. The van der Waals surface area contributed by atoms with E-state index in [4.69, 9.17) is 0 Å². The number of pyridine rings is 1. The second-order valence-electron chi connectivity index (χ2n) is 4.88. The van der Waals surface area contributed by atoms with Crippen LogP contribution in [0.4, 0.5) is 0 Å². The third kappa shape index (κ3) is 4.91. The van der Waals surface area contributed by atoms with Gasteiger partial charge in [-0.2, -0.15) is 0 Å². The zero-order valence-electron chi connectivity index (χ0n) is 11.1. The molecule has 1 aliphatic rings. The van der Waals surface area contributed by atoms with Crippen LogP contribution in [0.3, 0.4) is 0 Å². The molecule has 1 fully saturated rings. The summed E-state index contributed by atoms with van der Waals surface area (Å²) < 4.78 is 0.744. The monoisotopic (exact) mass is 325 g/mol. The molecule has 1 N–H and O–H groups in total. The van der Waals surface area contributed by atoms with Crippen molar-refractivity contribution < 1.29 is 4.79 Å². The van der Waals surface area contributed by atoms with Gasteiger partial charge in [0.05, 0.1) is 5.56 Å². The third-order valence-electron chi connectivity index (χ3n) is 3.40. The molecule has 1 aromatic rings. The van der Waals surface area contributed by atoms with E-state index in [-0.39, 0.29) is 5.91 Å². The number of likely N-dealkylation sites (tertiary alicyclic amines) is 1. The molecule has 5 heteroatoms. The van der Waals surface area contributed by atoms with Gasteiger partial charge in [0.2, 0.25) is 0 Å². The Balaban J connectivity index is 1.72. The van der Waals surface area contributed by atoms with Crippen LogP contribution in [0.1, 0.15) is 36.0 Å². The summed E-state index contributed by atoms with van der Waals surface area (Å²) in [5.41, 5.74) is 0.610. The van der Waals surface area contributed by atoms with Gasteiger partial charge in [0.1, 0.15) is 4.60 Å². The van der Waals surface area contributed by atoms with Crippen LogP contribution in [0, 0.1) is 0 Å². The van der Waals surface area contributed by atoms with E-state index in [2.05, 4.69) is 31.1 Å². The lowest BCUT2D eigenvalue weighted by atomic mass is 10.2. The number of hydrogen-bond donors (Lipinski definition) is 1. The zero-order chi connectivity index (χ0) is 13.5. The maximum absolute atomic E-state index is 11.9.